The van der Waals surface area contributed by atoms with Gasteiger partial charge in [0.2, 0.25) is 0 Å². The van der Waals surface area contributed by atoms with E-state index in [0.29, 0.717) is 12.1 Å². The fraction of sp³-hybridized carbons (Fsp3) is 0.533. The van der Waals surface area contributed by atoms with Gasteiger partial charge < -0.3 is 10.6 Å². The van der Waals surface area contributed by atoms with E-state index in [0.717, 1.165) is 24.0 Å². The highest BCUT2D eigenvalue weighted by atomic mass is 32.2. The average molecular weight is 310 g/mol. The van der Waals surface area contributed by atoms with Gasteiger partial charge in [-0.05, 0) is 44.0 Å². The van der Waals surface area contributed by atoms with Gasteiger partial charge in [0.05, 0.1) is 5.25 Å². The summed E-state index contributed by atoms with van der Waals surface area (Å²) >= 11 is 0. The molecular formula is C15H22N2O3S. The molecule has 2 rings (SSSR count). The van der Waals surface area contributed by atoms with E-state index in [2.05, 4.69) is 10.6 Å². The van der Waals surface area contributed by atoms with Gasteiger partial charge in [-0.3, -0.25) is 4.79 Å². The van der Waals surface area contributed by atoms with Crippen molar-refractivity contribution in [3.05, 3.63) is 34.9 Å². The van der Waals surface area contributed by atoms with E-state index >= 15 is 0 Å². The van der Waals surface area contributed by atoms with Crippen molar-refractivity contribution in [3.63, 3.8) is 0 Å². The van der Waals surface area contributed by atoms with Crippen LogP contribution in [0.25, 0.3) is 0 Å². The van der Waals surface area contributed by atoms with Crippen LogP contribution in [0.4, 0.5) is 0 Å². The van der Waals surface area contributed by atoms with E-state index in [1.165, 1.54) is 6.26 Å². The van der Waals surface area contributed by atoms with Gasteiger partial charge in [0, 0.05) is 24.4 Å². The molecule has 5 nitrogen and oxygen atoms in total. The topological polar surface area (TPSA) is 75.3 Å². The molecule has 0 saturated heterocycles. The first-order chi connectivity index (χ1) is 9.84. The largest absolute Gasteiger partial charge is 0.352 e. The van der Waals surface area contributed by atoms with E-state index in [9.17, 15) is 13.2 Å². The molecule has 0 aromatic heterocycles. The summed E-state index contributed by atoms with van der Waals surface area (Å²) in [4.78, 5) is 12.1. The first-order valence-corrected chi connectivity index (χ1v) is 9.07. The molecule has 0 radical (unpaired) electrons. The third-order valence-corrected chi connectivity index (χ3v) is 5.72. The van der Waals surface area contributed by atoms with Crippen molar-refractivity contribution >= 4 is 15.7 Å². The van der Waals surface area contributed by atoms with Crippen molar-refractivity contribution in [2.45, 2.75) is 31.1 Å². The molecule has 1 aliphatic rings. The number of fused-ring (bicyclic) bond motifs is 1. The lowest BCUT2D eigenvalue weighted by Gasteiger charge is -2.23. The first kappa shape index (κ1) is 16.0. The molecule has 1 aliphatic heterocycles. The number of amides is 1. The molecule has 0 saturated carbocycles. The quantitative estimate of drug-likeness (QED) is 0.872. The molecule has 0 bridgehead atoms. The molecule has 0 aliphatic carbocycles. The normalized spacial score (nSPS) is 18.3. The molecule has 21 heavy (non-hydrogen) atoms. The lowest BCUT2D eigenvalue weighted by molar-refractivity contribution is 0.0956. The zero-order valence-electron chi connectivity index (χ0n) is 12.6. The summed E-state index contributed by atoms with van der Waals surface area (Å²) in [6.45, 7) is 2.36. The summed E-state index contributed by atoms with van der Waals surface area (Å²) in [6, 6.07) is 5.34. The van der Waals surface area contributed by atoms with Gasteiger partial charge >= 0.3 is 0 Å². The smallest absolute Gasteiger partial charge is 0.251 e. The van der Waals surface area contributed by atoms with Gasteiger partial charge in [0.1, 0.15) is 0 Å². The first-order valence-electron chi connectivity index (χ1n) is 7.11. The summed E-state index contributed by atoms with van der Waals surface area (Å²) in [5.74, 6) is -0.0776. The Bertz CT molecular complexity index is 640. The van der Waals surface area contributed by atoms with Gasteiger partial charge in [-0.25, -0.2) is 8.42 Å². The number of benzene rings is 1. The Morgan fingerprint density at radius 1 is 1.33 bits per heavy atom. The number of hydrogen-bond acceptors (Lipinski definition) is 4. The van der Waals surface area contributed by atoms with Crippen LogP contribution in [0.1, 0.15) is 40.9 Å². The third kappa shape index (κ3) is 3.44. The van der Waals surface area contributed by atoms with Crippen molar-refractivity contribution in [1.82, 2.24) is 10.6 Å². The second kappa shape index (κ2) is 6.15. The zero-order valence-corrected chi connectivity index (χ0v) is 13.5. The Hall–Kier alpha value is -1.40. The Kier molecular flexibility index (Phi) is 4.68. The van der Waals surface area contributed by atoms with Crippen molar-refractivity contribution in [2.75, 3.05) is 19.8 Å². The maximum atomic E-state index is 12.1. The lowest BCUT2D eigenvalue weighted by atomic mass is 9.96. The number of rotatable bonds is 4. The van der Waals surface area contributed by atoms with Crippen LogP contribution in [0.2, 0.25) is 0 Å². The van der Waals surface area contributed by atoms with E-state index in [4.69, 9.17) is 0 Å². The molecule has 116 valence electrons. The van der Waals surface area contributed by atoms with Gasteiger partial charge in [-0.1, -0.05) is 12.1 Å². The Morgan fingerprint density at radius 3 is 2.67 bits per heavy atom. The summed E-state index contributed by atoms with van der Waals surface area (Å²) in [7, 11) is -1.43. The fourth-order valence-corrected chi connectivity index (χ4v) is 3.50. The molecule has 2 unspecified atom stereocenters. The highest BCUT2D eigenvalue weighted by molar-refractivity contribution is 7.91. The highest BCUT2D eigenvalue weighted by Crippen LogP contribution is 2.25. The van der Waals surface area contributed by atoms with Crippen LogP contribution in [0.15, 0.2) is 18.2 Å². The number of carbonyl (C=O) groups is 1. The Morgan fingerprint density at radius 2 is 2.05 bits per heavy atom. The van der Waals surface area contributed by atoms with Gasteiger partial charge in [0.15, 0.2) is 9.84 Å². The molecule has 1 aromatic rings. The monoisotopic (exact) mass is 310 g/mol. The summed E-state index contributed by atoms with van der Waals surface area (Å²) in [5.41, 5.74) is 2.51. The number of nitrogens with one attached hydrogen (secondary N) is 2. The maximum Gasteiger partial charge on any atom is 0.251 e. The summed E-state index contributed by atoms with van der Waals surface area (Å²) in [5, 5.41) is 5.36. The van der Waals surface area contributed by atoms with Crippen molar-refractivity contribution in [2.24, 2.45) is 0 Å². The molecule has 1 amide bonds. The molecule has 2 atom stereocenters. The lowest BCUT2D eigenvalue weighted by Crippen LogP contribution is -2.33. The van der Waals surface area contributed by atoms with E-state index in [1.807, 2.05) is 18.2 Å². The number of carbonyl (C=O) groups excluding carboxylic acids is 1. The Balaban J connectivity index is 2.42. The predicted octanol–water partition coefficient (Wildman–Crippen LogP) is 1.06. The second-order valence-electron chi connectivity index (χ2n) is 5.58. The van der Waals surface area contributed by atoms with Crippen LogP contribution in [0.5, 0.6) is 0 Å². The number of hydrogen-bond donors (Lipinski definition) is 2. The van der Waals surface area contributed by atoms with Crippen LogP contribution >= 0.6 is 0 Å². The zero-order chi connectivity index (χ0) is 15.6. The standard InChI is InChI=1S/C15H22N2O3S/c1-10(21(3,19)20)14(16-2)12-7-6-11-5-4-8-17-15(18)13(11)9-12/h6-7,9-10,14,16H,4-5,8H2,1-3H3,(H,17,18). The van der Waals surface area contributed by atoms with Gasteiger partial charge in [-0.2, -0.15) is 0 Å². The molecule has 2 N–H and O–H groups in total. The van der Waals surface area contributed by atoms with Crippen LogP contribution in [-0.2, 0) is 16.3 Å². The van der Waals surface area contributed by atoms with E-state index < -0.39 is 15.1 Å². The van der Waals surface area contributed by atoms with Crippen molar-refractivity contribution in [3.8, 4) is 0 Å². The van der Waals surface area contributed by atoms with E-state index in [-0.39, 0.29) is 11.9 Å². The van der Waals surface area contributed by atoms with Crippen LogP contribution < -0.4 is 10.6 Å². The molecule has 1 aromatic carbocycles. The van der Waals surface area contributed by atoms with Gasteiger partial charge in [0.25, 0.3) is 5.91 Å². The highest BCUT2D eigenvalue weighted by Gasteiger charge is 2.27. The summed E-state index contributed by atoms with van der Waals surface area (Å²) < 4.78 is 23.6. The maximum absolute atomic E-state index is 12.1. The minimum atomic E-state index is -3.17. The average Bonchev–Trinajstić information content (AvgIpc) is 2.61. The number of aryl methyl sites for hydroxylation is 1. The molecule has 6 heteroatoms. The van der Waals surface area contributed by atoms with Crippen molar-refractivity contribution in [1.29, 1.82) is 0 Å². The van der Waals surface area contributed by atoms with Crippen LogP contribution in [0.3, 0.4) is 0 Å². The second-order valence-corrected chi connectivity index (χ2v) is 7.98. The minimum Gasteiger partial charge on any atom is -0.352 e. The van der Waals surface area contributed by atoms with Crippen LogP contribution in [0, 0.1) is 0 Å². The minimum absolute atomic E-state index is 0.0776. The van der Waals surface area contributed by atoms with Gasteiger partial charge in [-0.15, -0.1) is 0 Å². The molecule has 0 spiro atoms. The Labute approximate surface area is 126 Å². The predicted molar refractivity (Wildman–Crippen MR) is 83.2 cm³/mol. The molecule has 1 heterocycles. The third-order valence-electron chi connectivity index (χ3n) is 4.10. The van der Waals surface area contributed by atoms with Crippen LogP contribution in [-0.4, -0.2) is 39.4 Å². The van der Waals surface area contributed by atoms with E-state index in [1.54, 1.807) is 14.0 Å². The fourth-order valence-electron chi connectivity index (χ4n) is 2.71. The summed E-state index contributed by atoms with van der Waals surface area (Å²) in [6.07, 6.45) is 3.02. The van der Waals surface area contributed by atoms with Crippen molar-refractivity contribution < 1.29 is 13.2 Å². The number of sulfone groups is 1. The SMILES string of the molecule is CNC(c1ccc2c(c1)C(=O)NCCC2)C(C)S(C)(=O)=O. The molecular weight excluding hydrogens is 288 g/mol. The molecule has 0 fully saturated rings.